The van der Waals surface area contributed by atoms with Gasteiger partial charge in [0.1, 0.15) is 6.61 Å². The Morgan fingerprint density at radius 2 is 1.83 bits per heavy atom. The number of hydrogen-bond donors (Lipinski definition) is 2. The van der Waals surface area contributed by atoms with Crippen molar-refractivity contribution in [2.24, 2.45) is 0 Å². The van der Waals surface area contributed by atoms with Gasteiger partial charge in [-0.25, -0.2) is 4.79 Å². The highest BCUT2D eigenvalue weighted by atomic mass is 35.5. The molecule has 3 rings (SSSR count). The largest absolute Gasteiger partial charge is 0.460 e. The highest BCUT2D eigenvalue weighted by Gasteiger charge is 2.35. The zero-order valence-electron chi connectivity index (χ0n) is 19.4. The first kappa shape index (κ1) is 27.9. The van der Waals surface area contributed by atoms with Gasteiger partial charge in [0.15, 0.2) is 0 Å². The number of thioether (sulfide) groups is 1. The van der Waals surface area contributed by atoms with Crippen LogP contribution in [0.25, 0.3) is 0 Å². The van der Waals surface area contributed by atoms with E-state index in [9.17, 15) is 14.9 Å². The topological polar surface area (TPSA) is 100 Å². The molecule has 0 aromatic heterocycles. The van der Waals surface area contributed by atoms with Gasteiger partial charge in [0.05, 0.1) is 50.6 Å². The van der Waals surface area contributed by atoms with Crippen molar-refractivity contribution in [1.29, 1.82) is 5.26 Å². The van der Waals surface area contributed by atoms with Crippen molar-refractivity contribution in [3.63, 3.8) is 0 Å². The second kappa shape index (κ2) is 13.0. The number of hydrogen-bond acceptors (Lipinski definition) is 7. The summed E-state index contributed by atoms with van der Waals surface area (Å²) in [5, 5.41) is 17.6. The molecule has 1 aliphatic rings. The van der Waals surface area contributed by atoms with E-state index in [1.165, 1.54) is 7.11 Å². The highest BCUT2D eigenvalue weighted by Crippen LogP contribution is 2.41. The lowest BCUT2D eigenvalue weighted by atomic mass is 9.82. The monoisotopic (exact) mass is 565 g/mol. The summed E-state index contributed by atoms with van der Waals surface area (Å²) >= 11 is 19.1. The maximum absolute atomic E-state index is 13.0. The highest BCUT2D eigenvalue weighted by molar-refractivity contribution is 8.03. The number of benzene rings is 2. The molecule has 2 N–H and O–H groups in total. The Hall–Kier alpha value is -2.67. The van der Waals surface area contributed by atoms with Gasteiger partial charge in [-0.3, -0.25) is 4.79 Å². The molecule has 36 heavy (non-hydrogen) atoms. The molecule has 0 fully saturated rings. The summed E-state index contributed by atoms with van der Waals surface area (Å²) in [5.74, 6) is -1.57. The molecular formula is C25H22Cl3N3O4S. The molecule has 0 spiro atoms. The van der Waals surface area contributed by atoms with E-state index >= 15 is 0 Å². The summed E-state index contributed by atoms with van der Waals surface area (Å²) in [5.41, 5.74) is 2.29. The van der Waals surface area contributed by atoms with Crippen LogP contribution in [-0.4, -0.2) is 38.0 Å². The maximum Gasteiger partial charge on any atom is 0.336 e. The van der Waals surface area contributed by atoms with Gasteiger partial charge in [-0.15, -0.1) is 0 Å². The number of esters is 1. The van der Waals surface area contributed by atoms with E-state index in [-0.39, 0.29) is 30.4 Å². The number of amides is 1. The Balaban J connectivity index is 1.86. The SMILES string of the molecule is COCCOC(=O)C1=C(C)NC(SCC(=O)Nc2ccc(Cl)c(Cl)c2)=C(C#N)C1c1ccc(Cl)cc1. The van der Waals surface area contributed by atoms with Crippen LogP contribution in [0, 0.1) is 11.3 Å². The average molecular weight is 567 g/mol. The second-order valence-corrected chi connectivity index (χ2v) is 9.83. The van der Waals surface area contributed by atoms with Crippen LogP contribution in [0.2, 0.25) is 15.1 Å². The van der Waals surface area contributed by atoms with Crippen molar-refractivity contribution in [1.82, 2.24) is 5.32 Å². The molecule has 0 saturated carbocycles. The van der Waals surface area contributed by atoms with E-state index in [4.69, 9.17) is 44.3 Å². The standard InChI is InChI=1S/C25H22Cl3N3O4S/c1-14-22(25(33)35-10-9-34-2)23(15-3-5-16(26)6-4-15)18(12-29)24(30-14)36-13-21(32)31-17-7-8-19(27)20(28)11-17/h3-8,11,23,30H,9-10,13H2,1-2H3,(H,31,32). The Bertz CT molecular complexity index is 1260. The summed E-state index contributed by atoms with van der Waals surface area (Å²) in [4.78, 5) is 25.6. The molecule has 1 unspecified atom stereocenters. The molecule has 2 aromatic rings. The number of nitrogens with one attached hydrogen (secondary N) is 2. The number of allylic oxidation sites excluding steroid dienone is 2. The van der Waals surface area contributed by atoms with Gasteiger partial charge in [-0.1, -0.05) is 58.7 Å². The number of halogens is 3. The van der Waals surface area contributed by atoms with Crippen LogP contribution in [0.1, 0.15) is 18.4 Å². The molecule has 1 atom stereocenters. The zero-order valence-corrected chi connectivity index (χ0v) is 22.4. The molecule has 0 bridgehead atoms. The van der Waals surface area contributed by atoms with Crippen molar-refractivity contribution in [3.05, 3.63) is 85.0 Å². The number of nitrogens with zero attached hydrogens (tertiary/aromatic N) is 1. The van der Waals surface area contributed by atoms with E-state index in [0.717, 1.165) is 11.8 Å². The number of anilines is 1. The first-order valence-electron chi connectivity index (χ1n) is 10.7. The summed E-state index contributed by atoms with van der Waals surface area (Å²) in [7, 11) is 1.51. The van der Waals surface area contributed by atoms with Crippen molar-refractivity contribution in [2.75, 3.05) is 31.4 Å². The molecule has 1 aliphatic heterocycles. The molecule has 11 heteroatoms. The molecule has 1 amide bonds. The number of ether oxygens (including phenoxy) is 2. The van der Waals surface area contributed by atoms with Gasteiger partial charge in [0.25, 0.3) is 0 Å². The van der Waals surface area contributed by atoms with Gasteiger partial charge >= 0.3 is 5.97 Å². The molecule has 7 nitrogen and oxygen atoms in total. The third-order valence-electron chi connectivity index (χ3n) is 5.14. The normalized spacial score (nSPS) is 15.3. The Morgan fingerprint density at radius 3 is 2.47 bits per heavy atom. The van der Waals surface area contributed by atoms with Gasteiger partial charge in [0, 0.05) is 23.5 Å². The fourth-order valence-corrected chi connectivity index (χ4v) is 4.81. The van der Waals surface area contributed by atoms with Crippen molar-refractivity contribution >= 4 is 64.1 Å². The van der Waals surface area contributed by atoms with Crippen LogP contribution in [-0.2, 0) is 19.1 Å². The van der Waals surface area contributed by atoms with E-state index in [1.54, 1.807) is 49.4 Å². The predicted octanol–water partition coefficient (Wildman–Crippen LogP) is 5.90. The van der Waals surface area contributed by atoms with Gasteiger partial charge in [0.2, 0.25) is 5.91 Å². The van der Waals surface area contributed by atoms with Gasteiger partial charge in [-0.05, 0) is 42.8 Å². The van der Waals surface area contributed by atoms with Crippen LogP contribution in [0.5, 0.6) is 0 Å². The first-order chi connectivity index (χ1) is 17.2. The lowest BCUT2D eigenvalue weighted by molar-refractivity contribution is -0.140. The lowest BCUT2D eigenvalue weighted by Crippen LogP contribution is -2.29. The number of rotatable bonds is 9. The van der Waals surface area contributed by atoms with Crippen molar-refractivity contribution < 1.29 is 19.1 Å². The summed E-state index contributed by atoms with van der Waals surface area (Å²) in [6, 6.07) is 13.9. The van der Waals surface area contributed by atoms with Crippen molar-refractivity contribution in [2.45, 2.75) is 12.8 Å². The van der Waals surface area contributed by atoms with Crippen molar-refractivity contribution in [3.8, 4) is 6.07 Å². The minimum absolute atomic E-state index is 0.00198. The minimum atomic E-state index is -0.704. The summed E-state index contributed by atoms with van der Waals surface area (Å²) in [6.07, 6.45) is 0. The van der Waals surface area contributed by atoms with Crippen LogP contribution in [0.4, 0.5) is 5.69 Å². The minimum Gasteiger partial charge on any atom is -0.460 e. The Labute approximate surface area is 228 Å². The smallest absolute Gasteiger partial charge is 0.336 e. The first-order valence-corrected chi connectivity index (χ1v) is 12.8. The Morgan fingerprint density at radius 1 is 1.11 bits per heavy atom. The number of nitriles is 1. The number of carbonyl (C=O) groups excluding carboxylic acids is 2. The van der Waals surface area contributed by atoms with Crippen LogP contribution in [0.3, 0.4) is 0 Å². The van der Waals surface area contributed by atoms with Gasteiger partial charge in [-0.2, -0.15) is 5.26 Å². The Kier molecular flexibility index (Phi) is 10.1. The maximum atomic E-state index is 13.0. The van der Waals surface area contributed by atoms with E-state index in [0.29, 0.717) is 42.6 Å². The average Bonchev–Trinajstić information content (AvgIpc) is 2.85. The zero-order chi connectivity index (χ0) is 26.2. The van der Waals surface area contributed by atoms with E-state index < -0.39 is 11.9 Å². The molecule has 0 aliphatic carbocycles. The predicted molar refractivity (Wildman–Crippen MR) is 143 cm³/mol. The molecule has 2 aromatic carbocycles. The van der Waals surface area contributed by atoms with E-state index in [2.05, 4.69) is 16.7 Å². The molecule has 0 radical (unpaired) electrons. The molecule has 188 valence electrons. The molecule has 0 saturated heterocycles. The fraction of sp³-hybridized carbons (Fsp3) is 0.240. The number of methoxy groups -OCH3 is 1. The summed E-state index contributed by atoms with van der Waals surface area (Å²) in [6.45, 7) is 2.04. The summed E-state index contributed by atoms with van der Waals surface area (Å²) < 4.78 is 10.3. The van der Waals surface area contributed by atoms with Crippen LogP contribution in [0.15, 0.2) is 64.3 Å². The number of dihydropyridines is 1. The number of carbonyl (C=O) groups is 2. The van der Waals surface area contributed by atoms with Crippen LogP contribution < -0.4 is 10.6 Å². The van der Waals surface area contributed by atoms with Crippen LogP contribution >= 0.6 is 46.6 Å². The third kappa shape index (κ3) is 6.96. The quantitative estimate of drug-likeness (QED) is 0.288. The second-order valence-electron chi connectivity index (χ2n) is 7.60. The molecular weight excluding hydrogens is 545 g/mol. The molecule has 1 heterocycles. The fourth-order valence-electron chi connectivity index (χ4n) is 3.49. The lowest BCUT2D eigenvalue weighted by Gasteiger charge is -2.29. The van der Waals surface area contributed by atoms with E-state index in [1.807, 2.05) is 0 Å². The van der Waals surface area contributed by atoms with Gasteiger partial charge < -0.3 is 20.1 Å². The third-order valence-corrected chi connectivity index (χ3v) is 7.15.